The number of halogens is 1. The van der Waals surface area contributed by atoms with Crippen LogP contribution in [0.4, 0.5) is 4.39 Å². The minimum Gasteiger partial charge on any atom is -0.329 e. The fourth-order valence-corrected chi connectivity index (χ4v) is 2.68. The van der Waals surface area contributed by atoms with Gasteiger partial charge in [0.25, 0.3) is 5.91 Å². The van der Waals surface area contributed by atoms with Gasteiger partial charge in [0.05, 0.1) is 6.04 Å². The Morgan fingerprint density at radius 2 is 1.81 bits per heavy atom. The van der Waals surface area contributed by atoms with Gasteiger partial charge in [-0.2, -0.15) is 0 Å². The first-order valence-corrected chi connectivity index (χ1v) is 7.08. The minimum atomic E-state index is -0.327. The maximum absolute atomic E-state index is 13.0. The summed E-state index contributed by atoms with van der Waals surface area (Å²) < 4.78 is 13.0. The van der Waals surface area contributed by atoms with Crippen LogP contribution in [0.15, 0.2) is 54.6 Å². The van der Waals surface area contributed by atoms with Crippen LogP contribution in [0.3, 0.4) is 0 Å². The molecule has 1 saturated heterocycles. The van der Waals surface area contributed by atoms with Crippen LogP contribution >= 0.6 is 0 Å². The summed E-state index contributed by atoms with van der Waals surface area (Å²) in [5.74, 6) is -0.378. The van der Waals surface area contributed by atoms with Gasteiger partial charge in [0.15, 0.2) is 0 Å². The summed E-state index contributed by atoms with van der Waals surface area (Å²) in [7, 11) is 0. The molecule has 1 N–H and O–H groups in total. The van der Waals surface area contributed by atoms with Crippen LogP contribution in [-0.2, 0) is 0 Å². The molecular weight excluding hydrogens is 267 g/mol. The fraction of sp³-hybridized carbons (Fsp3) is 0.235. The number of carbonyl (C=O) groups is 1. The molecule has 0 bridgehead atoms. The number of hydrogen-bond acceptors (Lipinski definition) is 2. The zero-order valence-corrected chi connectivity index (χ0v) is 11.6. The van der Waals surface area contributed by atoms with E-state index in [2.05, 4.69) is 5.32 Å². The van der Waals surface area contributed by atoms with Gasteiger partial charge in [-0.05, 0) is 29.8 Å². The molecule has 1 fully saturated rings. The first-order chi connectivity index (χ1) is 10.3. The van der Waals surface area contributed by atoms with E-state index in [1.807, 2.05) is 35.2 Å². The Hall–Kier alpha value is -2.20. The molecule has 0 aromatic heterocycles. The SMILES string of the molecule is O=C(c1ccc(F)cc1)N1CCNCC1c1ccccc1. The first-order valence-electron chi connectivity index (χ1n) is 7.08. The van der Waals surface area contributed by atoms with Crippen molar-refractivity contribution in [3.05, 3.63) is 71.5 Å². The molecule has 2 aromatic rings. The van der Waals surface area contributed by atoms with E-state index in [1.165, 1.54) is 12.1 Å². The van der Waals surface area contributed by atoms with Crippen molar-refractivity contribution >= 4 is 5.91 Å². The van der Waals surface area contributed by atoms with Crippen LogP contribution in [0.5, 0.6) is 0 Å². The number of nitrogens with zero attached hydrogens (tertiary/aromatic N) is 1. The third-order valence-electron chi connectivity index (χ3n) is 3.78. The van der Waals surface area contributed by atoms with Crippen molar-refractivity contribution in [1.29, 1.82) is 0 Å². The number of rotatable bonds is 2. The molecule has 21 heavy (non-hydrogen) atoms. The topological polar surface area (TPSA) is 32.3 Å². The zero-order chi connectivity index (χ0) is 14.7. The van der Waals surface area contributed by atoms with Crippen molar-refractivity contribution in [2.24, 2.45) is 0 Å². The number of nitrogens with one attached hydrogen (secondary N) is 1. The third kappa shape index (κ3) is 2.95. The van der Waals surface area contributed by atoms with E-state index >= 15 is 0 Å². The highest BCUT2D eigenvalue weighted by Crippen LogP contribution is 2.24. The quantitative estimate of drug-likeness (QED) is 0.919. The summed E-state index contributed by atoms with van der Waals surface area (Å²) >= 11 is 0. The van der Waals surface area contributed by atoms with Crippen LogP contribution in [0.25, 0.3) is 0 Å². The van der Waals surface area contributed by atoms with Crippen molar-refractivity contribution in [3.63, 3.8) is 0 Å². The zero-order valence-electron chi connectivity index (χ0n) is 11.6. The molecule has 0 radical (unpaired) electrons. The maximum Gasteiger partial charge on any atom is 0.254 e. The Kier molecular flexibility index (Phi) is 3.97. The Bertz CT molecular complexity index is 612. The standard InChI is InChI=1S/C17H17FN2O/c18-15-8-6-14(7-9-15)17(21)20-11-10-19-12-16(20)13-4-2-1-3-5-13/h1-9,16,19H,10-12H2. The number of carbonyl (C=O) groups excluding carboxylic acids is 1. The molecule has 3 rings (SSSR count). The molecule has 0 aliphatic carbocycles. The van der Waals surface area contributed by atoms with E-state index < -0.39 is 0 Å². The largest absolute Gasteiger partial charge is 0.329 e. The third-order valence-corrected chi connectivity index (χ3v) is 3.78. The molecule has 1 unspecified atom stereocenters. The van der Waals surface area contributed by atoms with E-state index in [0.29, 0.717) is 12.1 Å². The molecule has 1 aliphatic rings. The molecule has 1 amide bonds. The van der Waals surface area contributed by atoms with Gasteiger partial charge >= 0.3 is 0 Å². The number of piperazine rings is 1. The molecule has 1 heterocycles. The molecule has 1 aliphatic heterocycles. The predicted octanol–water partition coefficient (Wildman–Crippen LogP) is 2.61. The van der Waals surface area contributed by atoms with Crippen LogP contribution < -0.4 is 5.32 Å². The number of benzene rings is 2. The summed E-state index contributed by atoms with van der Waals surface area (Å²) in [6, 6.07) is 15.7. The van der Waals surface area contributed by atoms with Gasteiger partial charge in [-0.15, -0.1) is 0 Å². The monoisotopic (exact) mass is 284 g/mol. The Morgan fingerprint density at radius 3 is 2.52 bits per heavy atom. The Morgan fingerprint density at radius 1 is 1.10 bits per heavy atom. The highest BCUT2D eigenvalue weighted by molar-refractivity contribution is 5.94. The molecule has 4 heteroatoms. The average molecular weight is 284 g/mol. The lowest BCUT2D eigenvalue weighted by molar-refractivity contribution is 0.0634. The van der Waals surface area contributed by atoms with E-state index in [4.69, 9.17) is 0 Å². The molecule has 0 spiro atoms. The number of hydrogen-bond donors (Lipinski definition) is 1. The van der Waals surface area contributed by atoms with Gasteiger partial charge < -0.3 is 10.2 Å². The lowest BCUT2D eigenvalue weighted by atomic mass is 10.0. The van der Waals surface area contributed by atoms with Crippen molar-refractivity contribution < 1.29 is 9.18 Å². The smallest absolute Gasteiger partial charge is 0.254 e. The van der Waals surface area contributed by atoms with Crippen molar-refractivity contribution in [2.45, 2.75) is 6.04 Å². The van der Waals surface area contributed by atoms with Crippen LogP contribution in [0.1, 0.15) is 22.0 Å². The molecule has 2 aromatic carbocycles. The van der Waals surface area contributed by atoms with Gasteiger partial charge in [-0.1, -0.05) is 30.3 Å². The maximum atomic E-state index is 13.0. The lowest BCUT2D eigenvalue weighted by Gasteiger charge is -2.36. The van der Waals surface area contributed by atoms with Crippen molar-refractivity contribution in [1.82, 2.24) is 10.2 Å². The minimum absolute atomic E-state index is 0.0116. The number of amides is 1. The second kappa shape index (κ2) is 6.06. The van der Waals surface area contributed by atoms with Crippen LogP contribution in [0.2, 0.25) is 0 Å². The molecule has 1 atom stereocenters. The highest BCUT2D eigenvalue weighted by Gasteiger charge is 2.28. The van der Waals surface area contributed by atoms with Crippen LogP contribution in [-0.4, -0.2) is 30.4 Å². The fourth-order valence-electron chi connectivity index (χ4n) is 2.68. The molecule has 0 saturated carbocycles. The van der Waals surface area contributed by atoms with Crippen molar-refractivity contribution in [2.75, 3.05) is 19.6 Å². The van der Waals surface area contributed by atoms with Crippen molar-refractivity contribution in [3.8, 4) is 0 Å². The Balaban J connectivity index is 1.87. The first kappa shape index (κ1) is 13.8. The normalized spacial score (nSPS) is 18.5. The second-order valence-corrected chi connectivity index (χ2v) is 5.14. The van der Waals surface area contributed by atoms with Crippen LogP contribution in [0, 0.1) is 5.82 Å². The molecule has 108 valence electrons. The molecule has 3 nitrogen and oxygen atoms in total. The van der Waals surface area contributed by atoms with Gasteiger partial charge in [0.2, 0.25) is 0 Å². The second-order valence-electron chi connectivity index (χ2n) is 5.14. The van der Waals surface area contributed by atoms with Gasteiger partial charge in [-0.25, -0.2) is 4.39 Å². The molecular formula is C17H17FN2O. The van der Waals surface area contributed by atoms with E-state index in [1.54, 1.807) is 12.1 Å². The summed E-state index contributed by atoms with van der Waals surface area (Å²) in [4.78, 5) is 14.5. The average Bonchev–Trinajstić information content (AvgIpc) is 2.56. The highest BCUT2D eigenvalue weighted by atomic mass is 19.1. The van der Waals surface area contributed by atoms with E-state index in [-0.39, 0.29) is 17.8 Å². The van der Waals surface area contributed by atoms with Gasteiger partial charge in [-0.3, -0.25) is 4.79 Å². The Labute approximate surface area is 123 Å². The summed E-state index contributed by atoms with van der Waals surface area (Å²) in [5.41, 5.74) is 1.64. The lowest BCUT2D eigenvalue weighted by Crippen LogP contribution is -2.48. The van der Waals surface area contributed by atoms with Gasteiger partial charge in [0.1, 0.15) is 5.82 Å². The summed E-state index contributed by atoms with van der Waals surface area (Å²) in [6.07, 6.45) is 0. The van der Waals surface area contributed by atoms with E-state index in [0.717, 1.165) is 18.7 Å². The summed E-state index contributed by atoms with van der Waals surface area (Å²) in [5, 5.41) is 3.32. The predicted molar refractivity (Wildman–Crippen MR) is 79.5 cm³/mol. The summed E-state index contributed by atoms with van der Waals surface area (Å²) in [6.45, 7) is 2.16. The van der Waals surface area contributed by atoms with E-state index in [9.17, 15) is 9.18 Å². The van der Waals surface area contributed by atoms with Gasteiger partial charge in [0, 0.05) is 25.2 Å².